The van der Waals surface area contributed by atoms with Crippen molar-refractivity contribution >= 4 is 21.9 Å². The highest BCUT2D eigenvalue weighted by molar-refractivity contribution is 9.10. The molecule has 6 heteroatoms. The van der Waals surface area contributed by atoms with E-state index < -0.39 is 12.0 Å². The van der Waals surface area contributed by atoms with E-state index in [-0.39, 0.29) is 0 Å². The Labute approximate surface area is 101 Å². The lowest BCUT2D eigenvalue weighted by atomic mass is 10.1. The summed E-state index contributed by atoms with van der Waals surface area (Å²) in [6.07, 6.45) is 0. The third-order valence-corrected chi connectivity index (χ3v) is 2.85. The molecule has 0 aliphatic carbocycles. The lowest BCUT2D eigenvalue weighted by Gasteiger charge is -2.15. The van der Waals surface area contributed by atoms with Gasteiger partial charge in [-0.2, -0.15) is 0 Å². The predicted molar refractivity (Wildman–Crippen MR) is 57.9 cm³/mol. The van der Waals surface area contributed by atoms with Crippen molar-refractivity contribution in [3.05, 3.63) is 22.2 Å². The Kier molecular flexibility index (Phi) is 4.14. The second-order valence-electron chi connectivity index (χ2n) is 3.10. The highest BCUT2D eigenvalue weighted by Crippen LogP contribution is 2.34. The number of hydrogen-bond acceptors (Lipinski definition) is 4. The van der Waals surface area contributed by atoms with Gasteiger partial charge in [-0.15, -0.1) is 0 Å². The summed E-state index contributed by atoms with van der Waals surface area (Å²) in [5.74, 6) is -0.271. The molecule has 16 heavy (non-hydrogen) atoms. The molecule has 1 aromatic carbocycles. The largest absolute Gasteiger partial charge is 0.544 e. The van der Waals surface area contributed by atoms with E-state index >= 15 is 0 Å². The zero-order valence-electron chi connectivity index (χ0n) is 8.95. The van der Waals surface area contributed by atoms with Crippen LogP contribution < -0.4 is 20.3 Å². The van der Waals surface area contributed by atoms with E-state index in [1.807, 2.05) is 0 Å². The summed E-state index contributed by atoms with van der Waals surface area (Å²) in [6.45, 7) is 0. The fourth-order valence-electron chi connectivity index (χ4n) is 1.26. The Bertz CT molecular complexity index is 408. The van der Waals surface area contributed by atoms with Crippen LogP contribution in [0.25, 0.3) is 0 Å². The van der Waals surface area contributed by atoms with Crippen molar-refractivity contribution in [2.45, 2.75) is 6.04 Å². The summed E-state index contributed by atoms with van der Waals surface area (Å²) < 4.78 is 10.7. The minimum absolute atomic E-state index is 0.454. The Morgan fingerprint density at radius 2 is 1.88 bits per heavy atom. The highest BCUT2D eigenvalue weighted by atomic mass is 79.9. The summed E-state index contributed by atoms with van der Waals surface area (Å²) >= 11 is 3.25. The molecule has 0 heterocycles. The van der Waals surface area contributed by atoms with Crippen LogP contribution in [-0.2, 0) is 4.79 Å². The number of ether oxygens (including phenoxy) is 2. The molecule has 88 valence electrons. The van der Waals surface area contributed by atoms with Crippen LogP contribution in [0.15, 0.2) is 16.6 Å². The highest BCUT2D eigenvalue weighted by Gasteiger charge is 2.18. The molecule has 0 fully saturated rings. The molecule has 1 aromatic rings. The SMILES string of the molecule is COc1cc(Br)c([C@H]([NH3+])C(=O)[O-])cc1OC. The average molecular weight is 290 g/mol. The molecule has 5 nitrogen and oxygen atoms in total. The van der Waals surface area contributed by atoms with Crippen molar-refractivity contribution in [2.24, 2.45) is 0 Å². The number of hydrogen-bond donors (Lipinski definition) is 1. The van der Waals surface area contributed by atoms with Crippen molar-refractivity contribution in [3.8, 4) is 11.5 Å². The molecule has 3 N–H and O–H groups in total. The van der Waals surface area contributed by atoms with Gasteiger partial charge in [-0.05, 0) is 12.1 Å². The number of aliphatic carboxylic acids is 1. The second kappa shape index (κ2) is 5.18. The average Bonchev–Trinajstić information content (AvgIpc) is 2.27. The lowest BCUT2D eigenvalue weighted by Crippen LogP contribution is -2.61. The van der Waals surface area contributed by atoms with Crippen LogP contribution in [0.5, 0.6) is 11.5 Å². The second-order valence-corrected chi connectivity index (χ2v) is 3.95. The van der Waals surface area contributed by atoms with Gasteiger partial charge in [0.2, 0.25) is 0 Å². The number of carbonyl (C=O) groups excluding carboxylic acids is 1. The molecule has 1 atom stereocenters. The first-order chi connectivity index (χ1) is 7.51. The molecule has 0 saturated carbocycles. The fourth-order valence-corrected chi connectivity index (χ4v) is 1.86. The topological polar surface area (TPSA) is 86.2 Å². The van der Waals surface area contributed by atoms with Gasteiger partial charge < -0.3 is 25.1 Å². The van der Waals surface area contributed by atoms with Crippen LogP contribution >= 0.6 is 15.9 Å². The summed E-state index contributed by atoms with van der Waals surface area (Å²) in [5, 5.41) is 10.7. The van der Waals surface area contributed by atoms with E-state index in [9.17, 15) is 9.90 Å². The van der Waals surface area contributed by atoms with Gasteiger partial charge in [0.1, 0.15) is 5.97 Å². The molecule has 1 rings (SSSR count). The number of carboxylic acids is 1. The van der Waals surface area contributed by atoms with Crippen LogP contribution in [0.3, 0.4) is 0 Å². The maximum Gasteiger partial charge on any atom is 0.161 e. The van der Waals surface area contributed by atoms with Crippen LogP contribution in [-0.4, -0.2) is 20.2 Å². The van der Waals surface area contributed by atoms with Crippen molar-refractivity contribution in [3.63, 3.8) is 0 Å². The first-order valence-electron chi connectivity index (χ1n) is 4.46. The van der Waals surface area contributed by atoms with Gasteiger partial charge in [0, 0.05) is 10.0 Å². The summed E-state index contributed by atoms with van der Waals surface area (Å²) in [7, 11) is 2.98. The molecule has 0 spiro atoms. The minimum atomic E-state index is -1.24. The van der Waals surface area contributed by atoms with E-state index in [1.165, 1.54) is 14.2 Å². The number of methoxy groups -OCH3 is 2. The van der Waals surface area contributed by atoms with E-state index in [2.05, 4.69) is 21.7 Å². The monoisotopic (exact) mass is 289 g/mol. The maximum absolute atomic E-state index is 10.7. The van der Waals surface area contributed by atoms with E-state index in [4.69, 9.17) is 9.47 Å². The van der Waals surface area contributed by atoms with Gasteiger partial charge >= 0.3 is 0 Å². The first-order valence-corrected chi connectivity index (χ1v) is 5.26. The van der Waals surface area contributed by atoms with E-state index in [0.717, 1.165) is 0 Å². The maximum atomic E-state index is 10.7. The normalized spacial score (nSPS) is 12.0. The van der Waals surface area contributed by atoms with Gasteiger partial charge in [0.05, 0.1) is 14.2 Å². The Morgan fingerprint density at radius 1 is 1.38 bits per heavy atom. The van der Waals surface area contributed by atoms with E-state index in [1.54, 1.807) is 12.1 Å². The third kappa shape index (κ3) is 2.45. The Balaban J connectivity index is 3.26. The van der Waals surface area contributed by atoms with Crippen molar-refractivity contribution in [2.75, 3.05) is 14.2 Å². The zero-order chi connectivity index (χ0) is 12.3. The van der Waals surface area contributed by atoms with Crippen LogP contribution in [0.4, 0.5) is 0 Å². The van der Waals surface area contributed by atoms with Gasteiger partial charge in [-0.25, -0.2) is 0 Å². The van der Waals surface area contributed by atoms with Crippen molar-refractivity contribution in [1.82, 2.24) is 0 Å². The van der Waals surface area contributed by atoms with Crippen molar-refractivity contribution in [1.29, 1.82) is 0 Å². The summed E-state index contributed by atoms with van der Waals surface area (Å²) in [4.78, 5) is 10.7. The number of rotatable bonds is 4. The third-order valence-electron chi connectivity index (χ3n) is 2.16. The molecule has 0 aliphatic rings. The zero-order valence-corrected chi connectivity index (χ0v) is 10.5. The first kappa shape index (κ1) is 12.8. The summed E-state index contributed by atoms with van der Waals surface area (Å²) in [6, 6.07) is 2.24. The number of carboxylic acid groups (broad SMARTS) is 1. The van der Waals surface area contributed by atoms with E-state index in [0.29, 0.717) is 21.5 Å². The van der Waals surface area contributed by atoms with Crippen molar-refractivity contribution < 1.29 is 25.1 Å². The van der Waals surface area contributed by atoms with Gasteiger partial charge in [-0.1, -0.05) is 15.9 Å². The molecule has 0 radical (unpaired) electrons. The molecule has 0 amide bonds. The van der Waals surface area contributed by atoms with Crippen LogP contribution in [0.2, 0.25) is 0 Å². The van der Waals surface area contributed by atoms with Gasteiger partial charge in [-0.3, -0.25) is 0 Å². The fraction of sp³-hybridized carbons (Fsp3) is 0.300. The molecular weight excluding hydrogens is 278 g/mol. The molecule has 0 aromatic heterocycles. The number of benzene rings is 1. The number of halogens is 1. The van der Waals surface area contributed by atoms with Crippen LogP contribution in [0.1, 0.15) is 11.6 Å². The van der Waals surface area contributed by atoms with Gasteiger partial charge in [0.15, 0.2) is 17.5 Å². The molecule has 0 bridgehead atoms. The number of quaternary nitrogens is 1. The quantitative estimate of drug-likeness (QED) is 0.810. The molecule has 0 aliphatic heterocycles. The minimum Gasteiger partial charge on any atom is -0.544 e. The van der Waals surface area contributed by atoms with Crippen LogP contribution in [0, 0.1) is 0 Å². The Morgan fingerprint density at radius 3 is 2.31 bits per heavy atom. The Hall–Kier alpha value is -1.27. The molecule has 0 unspecified atom stereocenters. The molecule has 0 saturated heterocycles. The van der Waals surface area contributed by atoms with Gasteiger partial charge in [0.25, 0.3) is 0 Å². The lowest BCUT2D eigenvalue weighted by molar-refractivity contribution is -0.443. The predicted octanol–water partition coefficient (Wildman–Crippen LogP) is -0.501. The molecular formula is C10H12BrNO4. The smallest absolute Gasteiger partial charge is 0.161 e. The summed E-state index contributed by atoms with van der Waals surface area (Å²) in [5.41, 5.74) is 4.00. The standard InChI is InChI=1S/C10H12BrNO4/c1-15-7-3-5(9(12)10(13)14)6(11)4-8(7)16-2/h3-4,9H,12H2,1-2H3,(H,13,14)/t9-/m0/s1. The number of carbonyl (C=O) groups is 1.